The van der Waals surface area contributed by atoms with E-state index in [1.807, 2.05) is 6.07 Å². The van der Waals surface area contributed by atoms with Gasteiger partial charge in [-0.25, -0.2) is 0 Å². The predicted molar refractivity (Wildman–Crippen MR) is 78.0 cm³/mol. The molecule has 4 unspecified atom stereocenters. The molecule has 1 aromatic heterocycles. The first kappa shape index (κ1) is 13.2. The van der Waals surface area contributed by atoms with Gasteiger partial charge in [-0.1, -0.05) is 13.3 Å². The lowest BCUT2D eigenvalue weighted by atomic mass is 9.83. The second-order valence-electron chi connectivity index (χ2n) is 6.54. The fraction of sp³-hybridized carbons (Fsp3) is 0.765. The zero-order valence-corrected chi connectivity index (χ0v) is 12.1. The maximum Gasteiger partial charge on any atom is 0.103 e. The second-order valence-corrected chi connectivity index (χ2v) is 6.54. The molecule has 1 heterocycles. The molecule has 2 saturated carbocycles. The third kappa shape index (κ3) is 3.22. The van der Waals surface area contributed by atoms with Crippen molar-refractivity contribution in [2.75, 3.05) is 6.54 Å². The normalized spacial score (nSPS) is 30.9. The molecule has 1 N–H and O–H groups in total. The SMILES string of the molecule is CCNC(CCc1ccco1)CC1CC2CCC1C2. The summed E-state index contributed by atoms with van der Waals surface area (Å²) in [4.78, 5) is 0. The minimum absolute atomic E-state index is 0.680. The Balaban J connectivity index is 1.49. The molecule has 0 saturated heterocycles. The maximum absolute atomic E-state index is 5.45. The fourth-order valence-electron chi connectivity index (χ4n) is 4.39. The summed E-state index contributed by atoms with van der Waals surface area (Å²) in [7, 11) is 0. The maximum atomic E-state index is 5.45. The van der Waals surface area contributed by atoms with Crippen LogP contribution in [0, 0.1) is 17.8 Å². The van der Waals surface area contributed by atoms with E-state index in [2.05, 4.69) is 18.3 Å². The zero-order valence-electron chi connectivity index (χ0n) is 12.1. The molecule has 4 atom stereocenters. The van der Waals surface area contributed by atoms with Crippen LogP contribution in [0.5, 0.6) is 0 Å². The highest BCUT2D eigenvalue weighted by molar-refractivity contribution is 4.99. The Labute approximate surface area is 117 Å². The lowest BCUT2D eigenvalue weighted by molar-refractivity contribution is 0.271. The van der Waals surface area contributed by atoms with Crippen LogP contribution in [0.4, 0.5) is 0 Å². The van der Waals surface area contributed by atoms with Crippen molar-refractivity contribution >= 4 is 0 Å². The first-order valence-corrected chi connectivity index (χ1v) is 8.11. The number of rotatable bonds is 7. The van der Waals surface area contributed by atoms with Gasteiger partial charge in [0.1, 0.15) is 5.76 Å². The van der Waals surface area contributed by atoms with Crippen LogP contribution in [-0.2, 0) is 6.42 Å². The van der Waals surface area contributed by atoms with E-state index in [-0.39, 0.29) is 0 Å². The lowest BCUT2D eigenvalue weighted by Gasteiger charge is -2.27. The van der Waals surface area contributed by atoms with E-state index in [0.717, 1.165) is 36.5 Å². The minimum Gasteiger partial charge on any atom is -0.469 e. The molecule has 19 heavy (non-hydrogen) atoms. The summed E-state index contributed by atoms with van der Waals surface area (Å²) in [6.45, 7) is 3.31. The van der Waals surface area contributed by atoms with Gasteiger partial charge in [-0.2, -0.15) is 0 Å². The number of hydrogen-bond acceptors (Lipinski definition) is 2. The Morgan fingerprint density at radius 2 is 2.32 bits per heavy atom. The molecule has 2 aliphatic rings. The van der Waals surface area contributed by atoms with Gasteiger partial charge >= 0.3 is 0 Å². The van der Waals surface area contributed by atoms with Crippen LogP contribution in [-0.4, -0.2) is 12.6 Å². The number of aryl methyl sites for hydroxylation is 1. The van der Waals surface area contributed by atoms with Gasteiger partial charge in [0.2, 0.25) is 0 Å². The smallest absolute Gasteiger partial charge is 0.103 e. The van der Waals surface area contributed by atoms with E-state index < -0.39 is 0 Å². The van der Waals surface area contributed by atoms with Gasteiger partial charge in [0.25, 0.3) is 0 Å². The Bertz CT molecular complexity index is 373. The first-order valence-electron chi connectivity index (χ1n) is 8.11. The van der Waals surface area contributed by atoms with Crippen LogP contribution in [0.25, 0.3) is 0 Å². The van der Waals surface area contributed by atoms with Crippen molar-refractivity contribution in [3.63, 3.8) is 0 Å². The van der Waals surface area contributed by atoms with Gasteiger partial charge in [0, 0.05) is 12.5 Å². The quantitative estimate of drug-likeness (QED) is 0.802. The van der Waals surface area contributed by atoms with Gasteiger partial charge in [0.05, 0.1) is 6.26 Å². The molecule has 0 aromatic carbocycles. The van der Waals surface area contributed by atoms with Crippen molar-refractivity contribution in [1.29, 1.82) is 0 Å². The topological polar surface area (TPSA) is 25.2 Å². The molecule has 2 nitrogen and oxygen atoms in total. The summed E-state index contributed by atoms with van der Waals surface area (Å²) >= 11 is 0. The van der Waals surface area contributed by atoms with E-state index >= 15 is 0 Å². The Kier molecular flexibility index (Phi) is 4.27. The molecule has 3 rings (SSSR count). The summed E-state index contributed by atoms with van der Waals surface area (Å²) in [6.07, 6.45) is 11.5. The molecule has 0 amide bonds. The van der Waals surface area contributed by atoms with Crippen LogP contribution in [0.3, 0.4) is 0 Å². The number of hydrogen-bond donors (Lipinski definition) is 1. The molecule has 0 radical (unpaired) electrons. The van der Waals surface area contributed by atoms with Crippen molar-refractivity contribution in [2.24, 2.45) is 17.8 Å². The highest BCUT2D eigenvalue weighted by Crippen LogP contribution is 2.50. The van der Waals surface area contributed by atoms with Crippen LogP contribution in [0.15, 0.2) is 22.8 Å². The van der Waals surface area contributed by atoms with E-state index in [9.17, 15) is 0 Å². The van der Waals surface area contributed by atoms with Crippen LogP contribution in [0.1, 0.15) is 51.2 Å². The summed E-state index contributed by atoms with van der Waals surface area (Å²) < 4.78 is 5.45. The molecule has 2 heteroatoms. The van der Waals surface area contributed by atoms with Crippen molar-refractivity contribution < 1.29 is 4.42 Å². The summed E-state index contributed by atoms with van der Waals surface area (Å²) in [5.41, 5.74) is 0. The number of fused-ring (bicyclic) bond motifs is 2. The first-order chi connectivity index (χ1) is 9.35. The standard InChI is InChI=1S/C17H27NO/c1-2-18-16(7-8-17-4-3-9-19-17)12-15-11-13-5-6-14(15)10-13/h3-4,9,13-16,18H,2,5-8,10-12H2,1H3. The molecule has 0 aliphatic heterocycles. The summed E-state index contributed by atoms with van der Waals surface area (Å²) in [5, 5.41) is 3.69. The van der Waals surface area contributed by atoms with Crippen LogP contribution >= 0.6 is 0 Å². The van der Waals surface area contributed by atoms with E-state index in [4.69, 9.17) is 4.42 Å². The van der Waals surface area contributed by atoms with E-state index in [0.29, 0.717) is 6.04 Å². The highest BCUT2D eigenvalue weighted by atomic mass is 16.3. The Morgan fingerprint density at radius 1 is 1.37 bits per heavy atom. The van der Waals surface area contributed by atoms with Gasteiger partial charge in [-0.3, -0.25) is 0 Å². The minimum atomic E-state index is 0.680. The third-order valence-electron chi connectivity index (χ3n) is 5.28. The van der Waals surface area contributed by atoms with E-state index in [1.54, 1.807) is 6.26 Å². The molecular weight excluding hydrogens is 234 g/mol. The Morgan fingerprint density at radius 3 is 2.95 bits per heavy atom. The largest absolute Gasteiger partial charge is 0.469 e. The van der Waals surface area contributed by atoms with Crippen molar-refractivity contribution in [3.8, 4) is 0 Å². The molecule has 0 spiro atoms. The average Bonchev–Trinajstić information content (AvgIpc) is 3.13. The monoisotopic (exact) mass is 261 g/mol. The molecule has 106 valence electrons. The predicted octanol–water partition coefficient (Wildman–Crippen LogP) is 4.02. The van der Waals surface area contributed by atoms with Crippen molar-refractivity contribution in [3.05, 3.63) is 24.2 Å². The molecular formula is C17H27NO. The zero-order chi connectivity index (χ0) is 13.1. The van der Waals surface area contributed by atoms with Gasteiger partial charge in [-0.15, -0.1) is 0 Å². The lowest BCUT2D eigenvalue weighted by Crippen LogP contribution is -2.32. The Hall–Kier alpha value is -0.760. The summed E-state index contributed by atoms with van der Waals surface area (Å²) in [5.74, 6) is 4.26. The molecule has 2 fully saturated rings. The molecule has 2 bridgehead atoms. The average molecular weight is 261 g/mol. The highest BCUT2D eigenvalue weighted by Gasteiger charge is 2.39. The number of furan rings is 1. The van der Waals surface area contributed by atoms with Crippen LogP contribution < -0.4 is 5.32 Å². The van der Waals surface area contributed by atoms with E-state index in [1.165, 1.54) is 38.5 Å². The fourth-order valence-corrected chi connectivity index (χ4v) is 4.39. The van der Waals surface area contributed by atoms with Crippen molar-refractivity contribution in [1.82, 2.24) is 5.32 Å². The third-order valence-corrected chi connectivity index (χ3v) is 5.28. The molecule has 1 aromatic rings. The molecule has 2 aliphatic carbocycles. The van der Waals surface area contributed by atoms with Crippen LogP contribution in [0.2, 0.25) is 0 Å². The summed E-state index contributed by atoms with van der Waals surface area (Å²) in [6, 6.07) is 4.77. The van der Waals surface area contributed by atoms with Gasteiger partial charge in [-0.05, 0) is 68.5 Å². The van der Waals surface area contributed by atoms with Crippen molar-refractivity contribution in [2.45, 2.75) is 57.9 Å². The second kappa shape index (κ2) is 6.13. The van der Waals surface area contributed by atoms with Gasteiger partial charge < -0.3 is 9.73 Å². The number of nitrogens with one attached hydrogen (secondary N) is 1. The van der Waals surface area contributed by atoms with Gasteiger partial charge in [0.15, 0.2) is 0 Å².